The highest BCUT2D eigenvalue weighted by Crippen LogP contribution is 2.29. The highest BCUT2D eigenvalue weighted by atomic mass is 16.5. The van der Waals surface area contributed by atoms with Gasteiger partial charge in [0, 0.05) is 30.9 Å². The molecule has 4 rings (SSSR count). The number of carbonyl (C=O) groups excluding carboxylic acids is 3. The molecule has 0 spiro atoms. The van der Waals surface area contributed by atoms with Crippen molar-refractivity contribution in [3.63, 3.8) is 0 Å². The van der Waals surface area contributed by atoms with Crippen molar-refractivity contribution < 1.29 is 23.9 Å². The number of hydrogen-bond donors (Lipinski definition) is 1. The van der Waals surface area contributed by atoms with E-state index >= 15 is 0 Å². The molecule has 0 saturated carbocycles. The Morgan fingerprint density at radius 2 is 1.61 bits per heavy atom. The predicted octanol–water partition coefficient (Wildman–Crippen LogP) is 2.79. The van der Waals surface area contributed by atoms with Gasteiger partial charge < -0.3 is 24.6 Å². The maximum Gasteiger partial charge on any atom is 0.254 e. The Hall–Kier alpha value is -3.62. The number of likely N-dealkylation sites (tertiary alicyclic amines) is 2. The molecule has 9 nitrogen and oxygen atoms in total. The average Bonchev–Trinajstić information content (AvgIpc) is 3.58. The molecule has 2 aliphatic heterocycles. The number of benzene rings is 1. The fourth-order valence-corrected chi connectivity index (χ4v) is 4.92. The molecule has 3 amide bonds. The molecule has 192 valence electrons. The number of amides is 3. The zero-order valence-corrected chi connectivity index (χ0v) is 20.9. The van der Waals surface area contributed by atoms with Gasteiger partial charge in [0.15, 0.2) is 0 Å². The van der Waals surface area contributed by atoms with Crippen LogP contribution in [0.2, 0.25) is 0 Å². The van der Waals surface area contributed by atoms with E-state index in [1.54, 1.807) is 34.2 Å². The van der Waals surface area contributed by atoms with Crippen molar-refractivity contribution in [3.05, 3.63) is 53.9 Å². The molecule has 36 heavy (non-hydrogen) atoms. The topological polar surface area (TPSA) is 101 Å². The Bertz CT molecular complexity index is 1050. The second kappa shape index (κ2) is 11.9. The summed E-state index contributed by atoms with van der Waals surface area (Å²) < 4.78 is 11.2. The Balaban J connectivity index is 1.46. The Morgan fingerprint density at radius 3 is 2.25 bits per heavy atom. The van der Waals surface area contributed by atoms with Crippen LogP contribution in [0.15, 0.2) is 42.6 Å². The lowest BCUT2D eigenvalue weighted by Crippen LogP contribution is -2.52. The van der Waals surface area contributed by atoms with Gasteiger partial charge in [0.25, 0.3) is 5.91 Å². The van der Waals surface area contributed by atoms with Gasteiger partial charge in [-0.1, -0.05) is 6.07 Å². The maximum absolute atomic E-state index is 13.6. The minimum atomic E-state index is -0.590. The van der Waals surface area contributed by atoms with E-state index in [2.05, 4.69) is 10.3 Å². The van der Waals surface area contributed by atoms with Crippen LogP contribution in [0.5, 0.6) is 11.5 Å². The van der Waals surface area contributed by atoms with Gasteiger partial charge in [0.2, 0.25) is 11.8 Å². The van der Waals surface area contributed by atoms with Crippen molar-refractivity contribution in [2.24, 2.45) is 0 Å². The van der Waals surface area contributed by atoms with Crippen LogP contribution in [0.3, 0.4) is 0 Å². The number of ether oxygens (including phenoxy) is 2. The zero-order valence-electron chi connectivity index (χ0n) is 20.9. The van der Waals surface area contributed by atoms with E-state index in [4.69, 9.17) is 9.47 Å². The normalized spacial score (nSPS) is 19.3. The first-order chi connectivity index (χ1) is 17.5. The van der Waals surface area contributed by atoms with Crippen molar-refractivity contribution in [3.8, 4) is 11.5 Å². The molecule has 2 fully saturated rings. The number of pyridine rings is 1. The van der Waals surface area contributed by atoms with Crippen LogP contribution < -0.4 is 14.8 Å². The summed E-state index contributed by atoms with van der Waals surface area (Å²) in [5, 5.41) is 2.91. The van der Waals surface area contributed by atoms with Crippen LogP contribution in [0.1, 0.15) is 55.6 Å². The smallest absolute Gasteiger partial charge is 0.254 e. The van der Waals surface area contributed by atoms with Crippen LogP contribution in [0.25, 0.3) is 0 Å². The van der Waals surface area contributed by atoms with Crippen LogP contribution in [-0.2, 0) is 16.1 Å². The highest BCUT2D eigenvalue weighted by molar-refractivity contribution is 5.99. The van der Waals surface area contributed by atoms with E-state index in [9.17, 15) is 14.4 Å². The third-order valence-corrected chi connectivity index (χ3v) is 6.56. The molecule has 0 unspecified atom stereocenters. The van der Waals surface area contributed by atoms with Crippen molar-refractivity contribution in [2.45, 2.75) is 58.2 Å². The molecule has 0 bridgehead atoms. The summed E-state index contributed by atoms with van der Waals surface area (Å²) in [4.78, 5) is 47.6. The van der Waals surface area contributed by atoms with Gasteiger partial charge in [-0.05, 0) is 63.8 Å². The summed E-state index contributed by atoms with van der Waals surface area (Å²) >= 11 is 0. The lowest BCUT2D eigenvalue weighted by atomic mass is 10.1. The summed E-state index contributed by atoms with van der Waals surface area (Å²) in [6, 6.07) is 9.55. The molecule has 0 aliphatic carbocycles. The van der Waals surface area contributed by atoms with E-state index in [1.807, 2.05) is 32.0 Å². The summed E-state index contributed by atoms with van der Waals surface area (Å²) in [5.74, 6) is 0.523. The fourth-order valence-electron chi connectivity index (χ4n) is 4.92. The second-order valence-corrected chi connectivity index (χ2v) is 8.94. The molecule has 3 heterocycles. The fraction of sp³-hybridized carbons (Fsp3) is 0.481. The number of hydrogen-bond acceptors (Lipinski definition) is 6. The van der Waals surface area contributed by atoms with Crippen LogP contribution in [0, 0.1) is 0 Å². The number of nitrogens with zero attached hydrogens (tertiary/aromatic N) is 3. The summed E-state index contributed by atoms with van der Waals surface area (Å²) in [7, 11) is 0. The van der Waals surface area contributed by atoms with Gasteiger partial charge in [-0.3, -0.25) is 19.4 Å². The average molecular weight is 495 g/mol. The van der Waals surface area contributed by atoms with Gasteiger partial charge in [-0.25, -0.2) is 0 Å². The van der Waals surface area contributed by atoms with E-state index < -0.39 is 12.1 Å². The number of aromatic nitrogens is 1. The van der Waals surface area contributed by atoms with E-state index in [0.717, 1.165) is 18.5 Å². The number of carbonyl (C=O) groups is 3. The first-order valence-electron chi connectivity index (χ1n) is 12.7. The minimum Gasteiger partial charge on any atom is -0.494 e. The lowest BCUT2D eigenvalue weighted by Gasteiger charge is -2.31. The van der Waals surface area contributed by atoms with Crippen molar-refractivity contribution in [1.82, 2.24) is 20.1 Å². The third-order valence-electron chi connectivity index (χ3n) is 6.56. The molecule has 1 aromatic heterocycles. The van der Waals surface area contributed by atoms with E-state index in [0.29, 0.717) is 62.8 Å². The van der Waals surface area contributed by atoms with Gasteiger partial charge in [-0.2, -0.15) is 0 Å². The molecular formula is C27H34N4O5. The number of nitrogens with one attached hydrogen (secondary N) is 1. The van der Waals surface area contributed by atoms with E-state index in [-0.39, 0.29) is 17.7 Å². The van der Waals surface area contributed by atoms with E-state index in [1.165, 1.54) is 0 Å². The first-order valence-corrected chi connectivity index (χ1v) is 12.7. The maximum atomic E-state index is 13.6. The highest BCUT2D eigenvalue weighted by Gasteiger charge is 2.42. The Kier molecular flexibility index (Phi) is 8.40. The predicted molar refractivity (Wildman–Crippen MR) is 134 cm³/mol. The standard InChI is InChI=1S/C27H34N4O5/c1-3-35-21-15-19(16-22(17-21)36-4-2)26(33)31-14-8-11-24(31)27(34)30-13-7-10-23(30)25(32)29-18-20-9-5-6-12-28-20/h5-6,9,12,15-17,23-24H,3-4,7-8,10-11,13-14,18H2,1-2H3,(H,29,32)/t23-,24-/m0/s1. The monoisotopic (exact) mass is 494 g/mol. The molecule has 2 aliphatic rings. The molecule has 2 atom stereocenters. The molecule has 0 radical (unpaired) electrons. The quantitative estimate of drug-likeness (QED) is 0.575. The molecular weight excluding hydrogens is 460 g/mol. The van der Waals surface area contributed by atoms with Gasteiger partial charge in [-0.15, -0.1) is 0 Å². The molecule has 1 N–H and O–H groups in total. The summed E-state index contributed by atoms with van der Waals surface area (Å²) in [6.45, 7) is 5.99. The molecule has 9 heteroatoms. The largest absolute Gasteiger partial charge is 0.494 e. The third kappa shape index (κ3) is 5.78. The number of rotatable bonds is 9. The van der Waals surface area contributed by atoms with Gasteiger partial charge >= 0.3 is 0 Å². The minimum absolute atomic E-state index is 0.165. The van der Waals surface area contributed by atoms with Crippen LogP contribution in [0.4, 0.5) is 0 Å². The van der Waals surface area contributed by atoms with Crippen LogP contribution >= 0.6 is 0 Å². The Morgan fingerprint density at radius 1 is 0.944 bits per heavy atom. The molecule has 2 aromatic rings. The summed E-state index contributed by atoms with van der Waals surface area (Å²) in [5.41, 5.74) is 1.19. The van der Waals surface area contributed by atoms with Crippen molar-refractivity contribution in [2.75, 3.05) is 26.3 Å². The molecule has 2 saturated heterocycles. The van der Waals surface area contributed by atoms with Gasteiger partial charge in [0.05, 0.1) is 25.5 Å². The SMILES string of the molecule is CCOc1cc(OCC)cc(C(=O)N2CCC[C@H]2C(=O)N2CCC[C@H]2C(=O)NCc2ccccn2)c1. The summed E-state index contributed by atoms with van der Waals surface area (Å²) in [6.07, 6.45) is 4.35. The van der Waals surface area contributed by atoms with Crippen molar-refractivity contribution in [1.29, 1.82) is 0 Å². The molecule has 1 aromatic carbocycles. The zero-order chi connectivity index (χ0) is 25.5. The van der Waals surface area contributed by atoms with Crippen LogP contribution in [-0.4, -0.2) is 70.9 Å². The van der Waals surface area contributed by atoms with Gasteiger partial charge in [0.1, 0.15) is 23.6 Å². The second-order valence-electron chi connectivity index (χ2n) is 8.94. The van der Waals surface area contributed by atoms with Crippen molar-refractivity contribution >= 4 is 17.7 Å². The Labute approximate surface area is 211 Å². The lowest BCUT2D eigenvalue weighted by molar-refractivity contribution is -0.141. The first kappa shape index (κ1) is 25.5.